The predicted molar refractivity (Wildman–Crippen MR) is 118 cm³/mol. The molecule has 2 aromatic carbocycles. The number of hydrogen-bond acceptors (Lipinski definition) is 3. The number of aryl methyl sites for hydroxylation is 1. The molecule has 0 saturated heterocycles. The van der Waals surface area contributed by atoms with Crippen LogP contribution >= 0.6 is 0 Å². The Kier molecular flexibility index (Phi) is 7.50. The summed E-state index contributed by atoms with van der Waals surface area (Å²) >= 11 is 0. The smallest absolute Gasteiger partial charge is 0.242 e. The van der Waals surface area contributed by atoms with Crippen molar-refractivity contribution in [3.63, 3.8) is 0 Å². The van der Waals surface area contributed by atoms with Crippen molar-refractivity contribution < 1.29 is 14.3 Å². The summed E-state index contributed by atoms with van der Waals surface area (Å²) in [6.07, 6.45) is 4.61. The zero-order valence-corrected chi connectivity index (χ0v) is 18.2. The van der Waals surface area contributed by atoms with Crippen LogP contribution in [0.15, 0.2) is 48.5 Å². The van der Waals surface area contributed by atoms with Crippen molar-refractivity contribution in [3.05, 3.63) is 65.2 Å². The van der Waals surface area contributed by atoms with Gasteiger partial charge in [0.05, 0.1) is 13.5 Å². The van der Waals surface area contributed by atoms with Gasteiger partial charge in [-0.25, -0.2) is 0 Å². The Labute approximate surface area is 179 Å². The van der Waals surface area contributed by atoms with Gasteiger partial charge in [-0.15, -0.1) is 0 Å². The minimum absolute atomic E-state index is 0.0595. The van der Waals surface area contributed by atoms with Crippen molar-refractivity contribution in [2.24, 2.45) is 0 Å². The van der Waals surface area contributed by atoms with Crippen molar-refractivity contribution >= 4 is 11.8 Å². The van der Waals surface area contributed by atoms with Gasteiger partial charge in [-0.05, 0) is 49.9 Å². The number of nitrogens with one attached hydrogen (secondary N) is 1. The van der Waals surface area contributed by atoms with Crippen molar-refractivity contribution in [2.75, 3.05) is 7.11 Å². The van der Waals surface area contributed by atoms with Gasteiger partial charge in [0.2, 0.25) is 11.8 Å². The van der Waals surface area contributed by atoms with Crippen molar-refractivity contribution in [1.82, 2.24) is 10.2 Å². The Bertz CT molecular complexity index is 857. The molecule has 5 heteroatoms. The van der Waals surface area contributed by atoms with Gasteiger partial charge in [0.1, 0.15) is 11.8 Å². The van der Waals surface area contributed by atoms with E-state index in [9.17, 15) is 9.59 Å². The van der Waals surface area contributed by atoms with E-state index >= 15 is 0 Å². The van der Waals surface area contributed by atoms with Crippen LogP contribution in [0.25, 0.3) is 0 Å². The molecule has 3 rings (SSSR count). The zero-order valence-electron chi connectivity index (χ0n) is 18.2. The van der Waals surface area contributed by atoms with Crippen LogP contribution in [0.2, 0.25) is 0 Å². The standard InChI is InChI=1S/C25H32N2O3/c1-18-7-6-8-21(15-18)17-27(19(2)25(29)26-22-9-4-5-10-22)24(28)16-20-11-13-23(30-3)14-12-20/h6-8,11-15,19,22H,4-5,9-10,16-17H2,1-3H3,(H,26,29)/t19-/m1/s1. The van der Waals surface area contributed by atoms with Crippen LogP contribution in [-0.4, -0.2) is 35.9 Å². The number of methoxy groups -OCH3 is 1. The monoisotopic (exact) mass is 408 g/mol. The molecular formula is C25H32N2O3. The fourth-order valence-corrected chi connectivity index (χ4v) is 4.00. The lowest BCUT2D eigenvalue weighted by atomic mass is 10.1. The first-order chi connectivity index (χ1) is 14.5. The number of nitrogens with zero attached hydrogens (tertiary/aromatic N) is 1. The molecule has 1 atom stereocenters. The summed E-state index contributed by atoms with van der Waals surface area (Å²) in [6, 6.07) is 15.3. The topological polar surface area (TPSA) is 58.6 Å². The second-order valence-corrected chi connectivity index (χ2v) is 8.20. The minimum atomic E-state index is -0.531. The number of carbonyl (C=O) groups is 2. The van der Waals surface area contributed by atoms with E-state index in [-0.39, 0.29) is 24.3 Å². The first-order valence-corrected chi connectivity index (χ1v) is 10.7. The van der Waals surface area contributed by atoms with Crippen molar-refractivity contribution in [2.45, 2.75) is 64.6 Å². The predicted octanol–water partition coefficient (Wildman–Crippen LogP) is 4.02. The quantitative estimate of drug-likeness (QED) is 0.718. The number of carbonyl (C=O) groups excluding carboxylic acids is 2. The first kappa shape index (κ1) is 21.9. The summed E-state index contributed by atoms with van der Waals surface area (Å²) < 4.78 is 5.20. The molecule has 2 amide bonds. The summed E-state index contributed by atoms with van der Waals surface area (Å²) in [5, 5.41) is 3.14. The number of amides is 2. The summed E-state index contributed by atoms with van der Waals surface area (Å²) in [7, 11) is 1.62. The highest BCUT2D eigenvalue weighted by Gasteiger charge is 2.28. The highest BCUT2D eigenvalue weighted by Crippen LogP contribution is 2.19. The minimum Gasteiger partial charge on any atom is -0.497 e. The van der Waals surface area contributed by atoms with Crippen molar-refractivity contribution in [3.8, 4) is 5.75 Å². The summed E-state index contributed by atoms with van der Waals surface area (Å²) in [5.41, 5.74) is 3.06. The van der Waals surface area contributed by atoms with Gasteiger partial charge in [0, 0.05) is 12.6 Å². The molecule has 0 heterocycles. The largest absolute Gasteiger partial charge is 0.497 e. The Morgan fingerprint density at radius 1 is 1.10 bits per heavy atom. The van der Waals surface area contributed by atoms with Gasteiger partial charge >= 0.3 is 0 Å². The molecule has 1 saturated carbocycles. The van der Waals surface area contributed by atoms with E-state index in [1.54, 1.807) is 12.0 Å². The van der Waals surface area contributed by atoms with Gasteiger partial charge in [0.15, 0.2) is 0 Å². The van der Waals surface area contributed by atoms with E-state index in [2.05, 4.69) is 11.4 Å². The average molecular weight is 409 g/mol. The molecular weight excluding hydrogens is 376 g/mol. The average Bonchev–Trinajstić information content (AvgIpc) is 3.25. The molecule has 0 unspecified atom stereocenters. The Morgan fingerprint density at radius 3 is 2.43 bits per heavy atom. The lowest BCUT2D eigenvalue weighted by Gasteiger charge is -2.30. The van der Waals surface area contributed by atoms with E-state index in [1.165, 1.54) is 0 Å². The number of benzene rings is 2. The first-order valence-electron chi connectivity index (χ1n) is 10.7. The molecule has 0 bridgehead atoms. The Morgan fingerprint density at radius 2 is 1.80 bits per heavy atom. The second-order valence-electron chi connectivity index (χ2n) is 8.20. The molecule has 0 radical (unpaired) electrons. The van der Waals surface area contributed by atoms with Gasteiger partial charge in [0.25, 0.3) is 0 Å². The van der Waals surface area contributed by atoms with Crippen LogP contribution in [0.1, 0.15) is 49.3 Å². The molecule has 1 aliphatic rings. The third-order valence-corrected chi connectivity index (χ3v) is 5.82. The highest BCUT2D eigenvalue weighted by atomic mass is 16.5. The number of hydrogen-bond donors (Lipinski definition) is 1. The normalized spacial score (nSPS) is 14.9. The number of rotatable bonds is 8. The maximum Gasteiger partial charge on any atom is 0.242 e. The molecule has 0 aromatic heterocycles. The summed E-state index contributed by atoms with van der Waals surface area (Å²) in [4.78, 5) is 27.9. The van der Waals surface area contributed by atoms with E-state index in [4.69, 9.17) is 4.74 Å². The van der Waals surface area contributed by atoms with Crippen LogP contribution in [-0.2, 0) is 22.6 Å². The van der Waals surface area contributed by atoms with Crippen LogP contribution < -0.4 is 10.1 Å². The molecule has 30 heavy (non-hydrogen) atoms. The summed E-state index contributed by atoms with van der Waals surface area (Å²) in [5.74, 6) is 0.625. The summed E-state index contributed by atoms with van der Waals surface area (Å²) in [6.45, 7) is 4.27. The van der Waals surface area contributed by atoms with E-state index in [0.717, 1.165) is 48.1 Å². The number of ether oxygens (including phenoxy) is 1. The Hall–Kier alpha value is -2.82. The third-order valence-electron chi connectivity index (χ3n) is 5.82. The molecule has 2 aromatic rings. The third kappa shape index (κ3) is 5.85. The van der Waals surface area contributed by atoms with E-state index in [1.807, 2.05) is 56.3 Å². The van der Waals surface area contributed by atoms with Crippen molar-refractivity contribution in [1.29, 1.82) is 0 Å². The van der Waals surface area contributed by atoms with E-state index in [0.29, 0.717) is 6.54 Å². The highest BCUT2D eigenvalue weighted by molar-refractivity contribution is 5.88. The molecule has 160 valence electrons. The van der Waals surface area contributed by atoms with Gasteiger partial charge in [-0.3, -0.25) is 9.59 Å². The van der Waals surface area contributed by atoms with Crippen LogP contribution in [0.3, 0.4) is 0 Å². The maximum absolute atomic E-state index is 13.3. The maximum atomic E-state index is 13.3. The van der Waals surface area contributed by atoms with Crippen LogP contribution in [0, 0.1) is 6.92 Å². The lowest BCUT2D eigenvalue weighted by Crippen LogP contribution is -2.50. The van der Waals surface area contributed by atoms with E-state index < -0.39 is 6.04 Å². The Balaban J connectivity index is 1.75. The molecule has 0 spiro atoms. The van der Waals surface area contributed by atoms with Crippen LogP contribution in [0.5, 0.6) is 5.75 Å². The fraction of sp³-hybridized carbons (Fsp3) is 0.440. The van der Waals surface area contributed by atoms with Gasteiger partial charge in [-0.1, -0.05) is 54.8 Å². The fourth-order valence-electron chi connectivity index (χ4n) is 4.00. The molecule has 5 nitrogen and oxygen atoms in total. The molecule has 1 aliphatic carbocycles. The van der Waals surface area contributed by atoms with Gasteiger partial charge in [-0.2, -0.15) is 0 Å². The molecule has 1 fully saturated rings. The second kappa shape index (κ2) is 10.3. The lowest BCUT2D eigenvalue weighted by molar-refractivity contribution is -0.140. The molecule has 0 aliphatic heterocycles. The van der Waals surface area contributed by atoms with Gasteiger partial charge < -0.3 is 15.0 Å². The molecule has 1 N–H and O–H groups in total. The SMILES string of the molecule is COc1ccc(CC(=O)N(Cc2cccc(C)c2)[C@H](C)C(=O)NC2CCCC2)cc1. The van der Waals surface area contributed by atoms with Crippen LogP contribution in [0.4, 0.5) is 0 Å². The zero-order chi connectivity index (χ0) is 21.5.